The van der Waals surface area contributed by atoms with Crippen molar-refractivity contribution in [2.45, 2.75) is 13.5 Å². The van der Waals surface area contributed by atoms with Gasteiger partial charge in [0, 0.05) is 38.0 Å². The normalized spacial score (nSPS) is 10.5. The molecule has 0 unspecified atom stereocenters. The van der Waals surface area contributed by atoms with E-state index in [4.69, 9.17) is 0 Å². The average Bonchev–Trinajstić information content (AvgIpc) is 2.77. The van der Waals surface area contributed by atoms with Crippen molar-refractivity contribution in [3.8, 4) is 0 Å². The van der Waals surface area contributed by atoms with Gasteiger partial charge in [-0.25, -0.2) is 4.39 Å². The molecule has 0 spiro atoms. The summed E-state index contributed by atoms with van der Waals surface area (Å²) in [6.07, 6.45) is 3.55. The summed E-state index contributed by atoms with van der Waals surface area (Å²) in [4.78, 5) is 13.7. The quantitative estimate of drug-likeness (QED) is 0.849. The molecule has 100 valence electrons. The maximum absolute atomic E-state index is 13.4. The van der Waals surface area contributed by atoms with Crippen LogP contribution in [0.15, 0.2) is 30.6 Å². The van der Waals surface area contributed by atoms with Gasteiger partial charge in [0.2, 0.25) is 0 Å². The summed E-state index contributed by atoms with van der Waals surface area (Å²) in [5, 5.41) is 4.05. The zero-order valence-corrected chi connectivity index (χ0v) is 11.2. The Morgan fingerprint density at radius 1 is 1.47 bits per heavy atom. The summed E-state index contributed by atoms with van der Waals surface area (Å²) in [6.45, 7) is 2.12. The van der Waals surface area contributed by atoms with Crippen LogP contribution in [0.1, 0.15) is 21.5 Å². The maximum atomic E-state index is 13.4. The van der Waals surface area contributed by atoms with Crippen LogP contribution in [0.5, 0.6) is 0 Å². The lowest BCUT2D eigenvalue weighted by Gasteiger charge is -2.16. The van der Waals surface area contributed by atoms with Gasteiger partial charge in [-0.2, -0.15) is 5.10 Å². The van der Waals surface area contributed by atoms with Gasteiger partial charge in [-0.3, -0.25) is 9.48 Å². The number of aromatic nitrogens is 2. The van der Waals surface area contributed by atoms with Crippen LogP contribution in [-0.4, -0.2) is 27.6 Å². The standard InChI is InChI=1S/C14H16FN3O/c1-10-4-5-12(6-13(10)15)14(19)17(2)8-11-7-16-18(3)9-11/h4-7,9H,8H2,1-3H3. The number of hydrogen-bond donors (Lipinski definition) is 0. The lowest BCUT2D eigenvalue weighted by Crippen LogP contribution is -2.26. The van der Waals surface area contributed by atoms with Crippen molar-refractivity contribution in [1.82, 2.24) is 14.7 Å². The molecule has 0 bridgehead atoms. The number of amides is 1. The van der Waals surface area contributed by atoms with Crippen LogP contribution in [0.25, 0.3) is 0 Å². The molecule has 1 aromatic heterocycles. The fourth-order valence-electron chi connectivity index (χ4n) is 1.85. The minimum Gasteiger partial charge on any atom is -0.337 e. The number of carbonyl (C=O) groups is 1. The second-order valence-corrected chi connectivity index (χ2v) is 4.65. The first kappa shape index (κ1) is 13.3. The highest BCUT2D eigenvalue weighted by atomic mass is 19.1. The van der Waals surface area contributed by atoms with Crippen molar-refractivity contribution < 1.29 is 9.18 Å². The Balaban J connectivity index is 2.12. The van der Waals surface area contributed by atoms with Crippen molar-refractivity contribution >= 4 is 5.91 Å². The predicted octanol–water partition coefficient (Wildman–Crippen LogP) is 2.14. The second kappa shape index (κ2) is 5.22. The predicted molar refractivity (Wildman–Crippen MR) is 70.1 cm³/mol. The topological polar surface area (TPSA) is 38.1 Å². The molecule has 0 fully saturated rings. The molecule has 0 saturated heterocycles. The number of nitrogens with zero attached hydrogens (tertiary/aromatic N) is 3. The summed E-state index contributed by atoms with van der Waals surface area (Å²) in [7, 11) is 3.51. The van der Waals surface area contributed by atoms with E-state index in [1.165, 1.54) is 6.07 Å². The molecular weight excluding hydrogens is 245 g/mol. The van der Waals surface area contributed by atoms with Gasteiger partial charge >= 0.3 is 0 Å². The molecule has 5 heteroatoms. The van der Waals surface area contributed by atoms with E-state index in [9.17, 15) is 9.18 Å². The van der Waals surface area contributed by atoms with Crippen LogP contribution in [-0.2, 0) is 13.6 Å². The summed E-state index contributed by atoms with van der Waals surface area (Å²) < 4.78 is 15.1. The monoisotopic (exact) mass is 261 g/mol. The third-order valence-electron chi connectivity index (χ3n) is 2.94. The zero-order chi connectivity index (χ0) is 14.0. The molecule has 1 aromatic carbocycles. The maximum Gasteiger partial charge on any atom is 0.254 e. The van der Waals surface area contributed by atoms with Crippen LogP contribution in [0, 0.1) is 12.7 Å². The number of benzene rings is 1. The van der Waals surface area contributed by atoms with Gasteiger partial charge in [0.1, 0.15) is 5.82 Å². The Morgan fingerprint density at radius 2 is 2.21 bits per heavy atom. The molecule has 0 aliphatic heterocycles. The van der Waals surface area contributed by atoms with Crippen molar-refractivity contribution in [1.29, 1.82) is 0 Å². The molecule has 1 heterocycles. The number of carbonyl (C=O) groups excluding carboxylic acids is 1. The van der Waals surface area contributed by atoms with E-state index in [0.29, 0.717) is 17.7 Å². The van der Waals surface area contributed by atoms with E-state index >= 15 is 0 Å². The lowest BCUT2D eigenvalue weighted by molar-refractivity contribution is 0.0784. The number of rotatable bonds is 3. The molecule has 2 aromatic rings. The highest BCUT2D eigenvalue weighted by Gasteiger charge is 2.14. The molecular formula is C14H16FN3O. The molecule has 0 saturated carbocycles. The Kier molecular flexibility index (Phi) is 3.64. The van der Waals surface area contributed by atoms with Crippen molar-refractivity contribution in [2.24, 2.45) is 7.05 Å². The second-order valence-electron chi connectivity index (χ2n) is 4.65. The first-order chi connectivity index (χ1) is 8.97. The average molecular weight is 261 g/mol. The van der Waals surface area contributed by atoms with Gasteiger partial charge in [-0.15, -0.1) is 0 Å². The largest absolute Gasteiger partial charge is 0.337 e. The molecule has 0 radical (unpaired) electrons. The molecule has 0 aliphatic rings. The Labute approximate surface area is 111 Å². The smallest absolute Gasteiger partial charge is 0.254 e. The zero-order valence-electron chi connectivity index (χ0n) is 11.2. The fourth-order valence-corrected chi connectivity index (χ4v) is 1.85. The van der Waals surface area contributed by atoms with E-state index in [1.54, 1.807) is 41.9 Å². The first-order valence-electron chi connectivity index (χ1n) is 5.96. The first-order valence-corrected chi connectivity index (χ1v) is 5.96. The number of halogens is 1. The van der Waals surface area contributed by atoms with Crippen LogP contribution in [0.4, 0.5) is 4.39 Å². The van der Waals surface area contributed by atoms with Gasteiger partial charge in [0.25, 0.3) is 5.91 Å². The summed E-state index contributed by atoms with van der Waals surface area (Å²) in [5.41, 5.74) is 1.83. The molecule has 1 amide bonds. The highest BCUT2D eigenvalue weighted by Crippen LogP contribution is 2.12. The summed E-state index contributed by atoms with van der Waals surface area (Å²) >= 11 is 0. The van der Waals surface area contributed by atoms with Gasteiger partial charge in [0.15, 0.2) is 0 Å². The molecule has 19 heavy (non-hydrogen) atoms. The van der Waals surface area contributed by atoms with Gasteiger partial charge in [0.05, 0.1) is 6.20 Å². The Bertz CT molecular complexity index is 606. The van der Waals surface area contributed by atoms with Gasteiger partial charge in [-0.1, -0.05) is 6.07 Å². The molecule has 0 N–H and O–H groups in total. The van der Waals surface area contributed by atoms with Crippen molar-refractivity contribution in [3.05, 3.63) is 53.1 Å². The number of aryl methyl sites for hydroxylation is 2. The van der Waals surface area contributed by atoms with E-state index in [2.05, 4.69) is 5.10 Å². The van der Waals surface area contributed by atoms with E-state index < -0.39 is 0 Å². The van der Waals surface area contributed by atoms with Gasteiger partial charge < -0.3 is 4.90 Å². The fraction of sp³-hybridized carbons (Fsp3) is 0.286. The Hall–Kier alpha value is -2.17. The molecule has 4 nitrogen and oxygen atoms in total. The van der Waals surface area contributed by atoms with Crippen LogP contribution < -0.4 is 0 Å². The van der Waals surface area contributed by atoms with E-state index in [-0.39, 0.29) is 11.7 Å². The highest BCUT2D eigenvalue weighted by molar-refractivity contribution is 5.94. The molecule has 0 aliphatic carbocycles. The molecule has 2 rings (SSSR count). The Morgan fingerprint density at radius 3 is 2.79 bits per heavy atom. The van der Waals surface area contributed by atoms with Crippen LogP contribution >= 0.6 is 0 Å². The van der Waals surface area contributed by atoms with Crippen molar-refractivity contribution in [2.75, 3.05) is 7.05 Å². The third kappa shape index (κ3) is 2.99. The van der Waals surface area contributed by atoms with Crippen molar-refractivity contribution in [3.63, 3.8) is 0 Å². The lowest BCUT2D eigenvalue weighted by atomic mass is 10.1. The third-order valence-corrected chi connectivity index (χ3v) is 2.94. The molecule has 0 atom stereocenters. The van der Waals surface area contributed by atoms with Crippen LogP contribution in [0.2, 0.25) is 0 Å². The summed E-state index contributed by atoms with van der Waals surface area (Å²) in [5.74, 6) is -0.566. The van der Waals surface area contributed by atoms with E-state index in [1.807, 2.05) is 13.2 Å². The van der Waals surface area contributed by atoms with Crippen LogP contribution in [0.3, 0.4) is 0 Å². The summed E-state index contributed by atoms with van der Waals surface area (Å²) in [6, 6.07) is 4.53. The van der Waals surface area contributed by atoms with E-state index in [0.717, 1.165) is 5.56 Å². The number of hydrogen-bond acceptors (Lipinski definition) is 2. The minimum absolute atomic E-state index is 0.206. The van der Waals surface area contributed by atoms with Gasteiger partial charge in [-0.05, 0) is 24.6 Å². The SMILES string of the molecule is Cc1ccc(C(=O)N(C)Cc2cnn(C)c2)cc1F. The minimum atomic E-state index is -0.361.